The van der Waals surface area contributed by atoms with E-state index >= 15 is 0 Å². The van der Waals surface area contributed by atoms with Gasteiger partial charge >= 0.3 is 12.0 Å². The van der Waals surface area contributed by atoms with Crippen molar-refractivity contribution in [3.63, 3.8) is 0 Å². The van der Waals surface area contributed by atoms with Crippen LogP contribution in [0.4, 0.5) is 4.79 Å². The van der Waals surface area contributed by atoms with Crippen LogP contribution in [-0.4, -0.2) is 18.6 Å². The van der Waals surface area contributed by atoms with Gasteiger partial charge in [-0.3, -0.25) is 0 Å². The van der Waals surface area contributed by atoms with E-state index in [1.807, 2.05) is 13.8 Å². The van der Waals surface area contributed by atoms with E-state index in [9.17, 15) is 9.59 Å². The zero-order valence-corrected chi connectivity index (χ0v) is 11.7. The summed E-state index contributed by atoms with van der Waals surface area (Å²) in [5, 5.41) is 5.24. The van der Waals surface area contributed by atoms with Crippen LogP contribution in [0.3, 0.4) is 0 Å². The molecule has 2 amide bonds. The minimum absolute atomic E-state index is 0.244. The van der Waals surface area contributed by atoms with Gasteiger partial charge in [-0.1, -0.05) is 13.8 Å². The van der Waals surface area contributed by atoms with E-state index in [-0.39, 0.29) is 11.9 Å². The van der Waals surface area contributed by atoms with Crippen molar-refractivity contribution in [2.45, 2.75) is 26.8 Å². The second-order valence-corrected chi connectivity index (χ2v) is 5.08. The quantitative estimate of drug-likeness (QED) is 0.826. The fraction of sp³-hybridized carbons (Fsp3) is 0.429. The molecule has 6 nitrogen and oxygen atoms in total. The molecule has 2 N–H and O–H groups in total. The Morgan fingerprint density at radius 2 is 2.25 bits per heavy atom. The summed E-state index contributed by atoms with van der Waals surface area (Å²) in [6, 6.07) is 2.41. The molecule has 0 fully saturated rings. The Bertz CT molecular complexity index is 531. The standard InChI is InChI=1S/C14H18N2O4/c1-8(2)7-20-13(17)11-9(3)15-14(18)16-12(11)10-5-4-6-19-10/h4-6,8,12H,7H2,1-3H3,(H2,15,16,18)/t12-/m0/s1. The van der Waals surface area contributed by atoms with Crippen LogP contribution in [0.15, 0.2) is 34.1 Å². The summed E-state index contributed by atoms with van der Waals surface area (Å²) in [6.07, 6.45) is 1.50. The highest BCUT2D eigenvalue weighted by Crippen LogP contribution is 2.27. The topological polar surface area (TPSA) is 80.6 Å². The number of urea groups is 1. The van der Waals surface area contributed by atoms with Crippen LogP contribution in [0.5, 0.6) is 0 Å². The predicted octanol–water partition coefficient (Wildman–Crippen LogP) is 2.11. The number of carbonyl (C=O) groups is 2. The Hall–Kier alpha value is -2.24. The first kappa shape index (κ1) is 14.2. The first-order valence-corrected chi connectivity index (χ1v) is 6.48. The van der Waals surface area contributed by atoms with Gasteiger partial charge in [0.1, 0.15) is 11.8 Å². The minimum atomic E-state index is -0.626. The fourth-order valence-electron chi connectivity index (χ4n) is 1.95. The highest BCUT2D eigenvalue weighted by Gasteiger charge is 2.33. The predicted molar refractivity (Wildman–Crippen MR) is 71.6 cm³/mol. The Labute approximate surface area is 117 Å². The normalized spacial score (nSPS) is 18.8. The number of ether oxygens (including phenoxy) is 1. The lowest BCUT2D eigenvalue weighted by atomic mass is 10.0. The van der Waals surface area contributed by atoms with Crippen LogP contribution in [0.1, 0.15) is 32.6 Å². The molecule has 1 aromatic rings. The number of hydrogen-bond donors (Lipinski definition) is 2. The molecule has 0 spiro atoms. The minimum Gasteiger partial charge on any atom is -0.467 e. The second kappa shape index (κ2) is 5.81. The van der Waals surface area contributed by atoms with Crippen molar-refractivity contribution in [1.29, 1.82) is 0 Å². The molecule has 1 aromatic heterocycles. The largest absolute Gasteiger partial charge is 0.467 e. The molecule has 0 radical (unpaired) electrons. The maximum Gasteiger partial charge on any atom is 0.338 e. The number of hydrogen-bond acceptors (Lipinski definition) is 4. The number of furan rings is 1. The van der Waals surface area contributed by atoms with Gasteiger partial charge in [-0.15, -0.1) is 0 Å². The van der Waals surface area contributed by atoms with Crippen LogP contribution in [0, 0.1) is 5.92 Å². The summed E-state index contributed by atoms with van der Waals surface area (Å²) < 4.78 is 10.5. The molecular formula is C14H18N2O4. The van der Waals surface area contributed by atoms with Gasteiger partial charge in [0, 0.05) is 5.70 Å². The molecule has 0 saturated heterocycles. The number of amides is 2. The third-order valence-corrected chi connectivity index (χ3v) is 2.86. The molecule has 0 aromatic carbocycles. The zero-order chi connectivity index (χ0) is 14.7. The van der Waals surface area contributed by atoms with Gasteiger partial charge in [0.25, 0.3) is 0 Å². The maximum atomic E-state index is 12.2. The Balaban J connectivity index is 2.27. The van der Waals surface area contributed by atoms with E-state index in [1.54, 1.807) is 19.1 Å². The summed E-state index contributed by atoms with van der Waals surface area (Å²) in [5.41, 5.74) is 0.837. The number of esters is 1. The average molecular weight is 278 g/mol. The zero-order valence-electron chi connectivity index (χ0n) is 11.7. The Morgan fingerprint density at radius 1 is 1.50 bits per heavy atom. The summed E-state index contributed by atoms with van der Waals surface area (Å²) in [5.74, 6) is 0.286. The van der Waals surface area contributed by atoms with E-state index in [4.69, 9.17) is 9.15 Å². The molecule has 0 aliphatic carbocycles. The molecule has 20 heavy (non-hydrogen) atoms. The van der Waals surface area contributed by atoms with E-state index in [0.717, 1.165) is 0 Å². The Kier molecular flexibility index (Phi) is 4.12. The molecule has 1 atom stereocenters. The molecule has 2 heterocycles. The molecule has 6 heteroatoms. The second-order valence-electron chi connectivity index (χ2n) is 5.08. The smallest absolute Gasteiger partial charge is 0.338 e. The van der Waals surface area contributed by atoms with E-state index in [1.165, 1.54) is 6.26 Å². The molecule has 0 bridgehead atoms. The molecular weight excluding hydrogens is 260 g/mol. The molecule has 2 rings (SSSR count). The lowest BCUT2D eigenvalue weighted by Crippen LogP contribution is -2.45. The molecule has 0 unspecified atom stereocenters. The lowest BCUT2D eigenvalue weighted by Gasteiger charge is -2.26. The van der Waals surface area contributed by atoms with Gasteiger partial charge in [0.2, 0.25) is 0 Å². The van der Waals surface area contributed by atoms with Crippen LogP contribution in [-0.2, 0) is 9.53 Å². The van der Waals surface area contributed by atoms with Crippen molar-refractivity contribution >= 4 is 12.0 Å². The summed E-state index contributed by atoms with van der Waals surface area (Å²) in [7, 11) is 0. The number of rotatable bonds is 4. The summed E-state index contributed by atoms with van der Waals surface area (Å²) in [4.78, 5) is 23.8. The lowest BCUT2D eigenvalue weighted by molar-refractivity contribution is -0.140. The van der Waals surface area contributed by atoms with Gasteiger partial charge in [-0.05, 0) is 25.0 Å². The van der Waals surface area contributed by atoms with E-state index in [0.29, 0.717) is 23.6 Å². The van der Waals surface area contributed by atoms with Crippen molar-refractivity contribution in [3.05, 3.63) is 35.4 Å². The van der Waals surface area contributed by atoms with E-state index < -0.39 is 12.0 Å². The van der Waals surface area contributed by atoms with Crippen molar-refractivity contribution in [2.75, 3.05) is 6.61 Å². The third kappa shape index (κ3) is 3.01. The molecule has 1 aliphatic heterocycles. The summed E-state index contributed by atoms with van der Waals surface area (Å²) in [6.45, 7) is 5.91. The first-order chi connectivity index (χ1) is 9.49. The highest BCUT2D eigenvalue weighted by atomic mass is 16.5. The van der Waals surface area contributed by atoms with Gasteiger partial charge < -0.3 is 19.8 Å². The van der Waals surface area contributed by atoms with E-state index in [2.05, 4.69) is 10.6 Å². The highest BCUT2D eigenvalue weighted by molar-refractivity contribution is 5.94. The van der Waals surface area contributed by atoms with Gasteiger partial charge in [0.05, 0.1) is 18.4 Å². The number of allylic oxidation sites excluding steroid dienone is 1. The SMILES string of the molecule is CC1=C(C(=O)OCC(C)C)[C@H](c2ccco2)NC(=O)N1. The maximum absolute atomic E-state index is 12.2. The van der Waals surface area contributed by atoms with Crippen LogP contribution >= 0.6 is 0 Å². The van der Waals surface area contributed by atoms with Crippen LogP contribution in [0.25, 0.3) is 0 Å². The van der Waals surface area contributed by atoms with Gasteiger partial charge in [-0.2, -0.15) is 0 Å². The molecule has 108 valence electrons. The summed E-state index contributed by atoms with van der Waals surface area (Å²) >= 11 is 0. The number of nitrogens with one attached hydrogen (secondary N) is 2. The van der Waals surface area contributed by atoms with Crippen molar-refractivity contribution in [2.24, 2.45) is 5.92 Å². The van der Waals surface area contributed by atoms with Crippen molar-refractivity contribution in [3.8, 4) is 0 Å². The average Bonchev–Trinajstić information content (AvgIpc) is 2.88. The first-order valence-electron chi connectivity index (χ1n) is 6.48. The molecule has 1 aliphatic rings. The van der Waals surface area contributed by atoms with Gasteiger partial charge in [-0.25, -0.2) is 9.59 Å². The van der Waals surface area contributed by atoms with Crippen molar-refractivity contribution < 1.29 is 18.7 Å². The Morgan fingerprint density at radius 3 is 2.85 bits per heavy atom. The van der Waals surface area contributed by atoms with Crippen molar-refractivity contribution in [1.82, 2.24) is 10.6 Å². The number of carbonyl (C=O) groups excluding carboxylic acids is 2. The third-order valence-electron chi connectivity index (χ3n) is 2.86. The monoisotopic (exact) mass is 278 g/mol. The fourth-order valence-corrected chi connectivity index (χ4v) is 1.95. The van der Waals surface area contributed by atoms with Gasteiger partial charge in [0.15, 0.2) is 0 Å². The molecule has 0 saturated carbocycles. The van der Waals surface area contributed by atoms with Crippen LogP contribution < -0.4 is 10.6 Å². The van der Waals surface area contributed by atoms with Crippen LogP contribution in [0.2, 0.25) is 0 Å².